The molecule has 2 heterocycles. The minimum atomic E-state index is 0.155. The number of halogens is 1. The fourth-order valence-corrected chi connectivity index (χ4v) is 3.95. The third kappa shape index (κ3) is 2.58. The molecule has 126 valence electrons. The first-order valence-electron chi connectivity index (χ1n) is 8.49. The van der Waals surface area contributed by atoms with Gasteiger partial charge in [-0.1, -0.05) is 54.1 Å². The number of allylic oxidation sites excluding steroid dienone is 2. The minimum Gasteiger partial charge on any atom is -0.362 e. The molecule has 0 fully saturated rings. The first-order valence-corrected chi connectivity index (χ1v) is 8.87. The highest BCUT2D eigenvalue weighted by Gasteiger charge is 2.33. The van der Waals surface area contributed by atoms with Gasteiger partial charge in [-0.3, -0.25) is 0 Å². The fourth-order valence-electron chi connectivity index (χ4n) is 3.71. The van der Waals surface area contributed by atoms with Crippen molar-refractivity contribution in [1.29, 1.82) is 0 Å². The van der Waals surface area contributed by atoms with E-state index in [4.69, 9.17) is 11.6 Å². The first kappa shape index (κ1) is 16.0. The number of likely N-dealkylation sites (N-methyl/N-ethyl adjacent to an activating group) is 2. The lowest BCUT2D eigenvalue weighted by Crippen LogP contribution is -2.24. The zero-order chi connectivity index (χ0) is 17.6. The van der Waals surface area contributed by atoms with Crippen LogP contribution in [0.3, 0.4) is 0 Å². The highest BCUT2D eigenvalue weighted by atomic mass is 35.5. The van der Waals surface area contributed by atoms with Crippen LogP contribution in [-0.2, 0) is 0 Å². The summed E-state index contributed by atoms with van der Waals surface area (Å²) in [6.45, 7) is 2.16. The Morgan fingerprint density at radius 3 is 2.28 bits per heavy atom. The van der Waals surface area contributed by atoms with Crippen molar-refractivity contribution >= 4 is 17.3 Å². The maximum absolute atomic E-state index is 6.45. The molecule has 0 bridgehead atoms. The van der Waals surface area contributed by atoms with Crippen molar-refractivity contribution in [3.8, 4) is 0 Å². The molecule has 0 spiro atoms. The fraction of sp³-hybridized carbons (Fsp3) is 0.182. The van der Waals surface area contributed by atoms with Gasteiger partial charge in [0.1, 0.15) is 0 Å². The van der Waals surface area contributed by atoms with Gasteiger partial charge in [-0.05, 0) is 42.3 Å². The van der Waals surface area contributed by atoms with E-state index in [0.717, 1.165) is 10.6 Å². The molecule has 2 aromatic rings. The molecule has 3 heteroatoms. The average molecular weight is 349 g/mol. The predicted octanol–water partition coefficient (Wildman–Crippen LogP) is 5.39. The Labute approximate surface area is 154 Å². The lowest BCUT2D eigenvalue weighted by Gasteiger charge is -2.31. The third-order valence-corrected chi connectivity index (χ3v) is 5.49. The maximum atomic E-state index is 6.45. The smallest absolute Gasteiger partial charge is 0.0762 e. The number of aryl methyl sites for hydroxylation is 1. The Bertz CT molecular complexity index is 923. The SMILES string of the molecule is Cc1ccccc1C1=CC=C2C(=CC(c3ccccc3Cl)N2C)N1C. The van der Waals surface area contributed by atoms with Crippen molar-refractivity contribution in [2.45, 2.75) is 13.0 Å². The average Bonchev–Trinajstić information content (AvgIpc) is 2.94. The van der Waals surface area contributed by atoms with E-state index in [1.165, 1.54) is 28.2 Å². The molecule has 0 N–H and O–H groups in total. The van der Waals surface area contributed by atoms with E-state index in [2.05, 4.69) is 79.4 Å². The summed E-state index contributed by atoms with van der Waals surface area (Å²) in [5.74, 6) is 0. The zero-order valence-corrected chi connectivity index (χ0v) is 15.5. The van der Waals surface area contributed by atoms with Crippen molar-refractivity contribution in [1.82, 2.24) is 9.80 Å². The molecule has 2 nitrogen and oxygen atoms in total. The first-order chi connectivity index (χ1) is 12.1. The quantitative estimate of drug-likeness (QED) is 0.718. The second-order valence-electron chi connectivity index (χ2n) is 6.61. The number of rotatable bonds is 2. The molecular weight excluding hydrogens is 328 g/mol. The summed E-state index contributed by atoms with van der Waals surface area (Å²) in [5.41, 5.74) is 7.37. The number of hydrogen-bond acceptors (Lipinski definition) is 2. The topological polar surface area (TPSA) is 6.48 Å². The lowest BCUT2D eigenvalue weighted by molar-refractivity contribution is 0.382. The number of benzene rings is 2. The van der Waals surface area contributed by atoms with E-state index >= 15 is 0 Å². The van der Waals surface area contributed by atoms with Crippen molar-refractivity contribution in [3.05, 3.63) is 99.9 Å². The number of nitrogens with zero attached hydrogens (tertiary/aromatic N) is 2. The highest BCUT2D eigenvalue weighted by Crippen LogP contribution is 2.43. The minimum absolute atomic E-state index is 0.155. The van der Waals surface area contributed by atoms with Gasteiger partial charge in [-0.2, -0.15) is 0 Å². The van der Waals surface area contributed by atoms with Crippen molar-refractivity contribution in [2.24, 2.45) is 0 Å². The van der Waals surface area contributed by atoms with Crippen LogP contribution in [0.1, 0.15) is 22.7 Å². The Morgan fingerprint density at radius 1 is 0.840 bits per heavy atom. The van der Waals surface area contributed by atoms with E-state index in [1.807, 2.05) is 18.2 Å². The van der Waals surface area contributed by atoms with Crippen LogP contribution in [0, 0.1) is 6.92 Å². The van der Waals surface area contributed by atoms with Crippen molar-refractivity contribution in [3.63, 3.8) is 0 Å². The van der Waals surface area contributed by atoms with Gasteiger partial charge in [-0.15, -0.1) is 0 Å². The molecule has 2 aliphatic heterocycles. The van der Waals surface area contributed by atoms with Crippen LogP contribution >= 0.6 is 11.6 Å². The van der Waals surface area contributed by atoms with Crippen LogP contribution in [0.5, 0.6) is 0 Å². The molecule has 1 unspecified atom stereocenters. The second kappa shape index (κ2) is 6.12. The van der Waals surface area contributed by atoms with Crippen LogP contribution in [0.15, 0.2) is 78.2 Å². The summed E-state index contributed by atoms with van der Waals surface area (Å²) < 4.78 is 0. The largest absolute Gasteiger partial charge is 0.362 e. The van der Waals surface area contributed by atoms with Crippen LogP contribution in [0.25, 0.3) is 5.70 Å². The van der Waals surface area contributed by atoms with E-state index < -0.39 is 0 Å². The molecule has 1 atom stereocenters. The van der Waals surface area contributed by atoms with Gasteiger partial charge in [0, 0.05) is 30.4 Å². The predicted molar refractivity (Wildman–Crippen MR) is 105 cm³/mol. The third-order valence-electron chi connectivity index (χ3n) is 5.14. The molecule has 0 saturated carbocycles. The monoisotopic (exact) mass is 348 g/mol. The summed E-state index contributed by atoms with van der Waals surface area (Å²) in [7, 11) is 4.27. The van der Waals surface area contributed by atoms with Crippen LogP contribution in [0.4, 0.5) is 0 Å². The summed E-state index contributed by atoms with van der Waals surface area (Å²) in [5, 5.41) is 0.810. The Kier molecular flexibility index (Phi) is 3.93. The molecular formula is C22H21ClN2. The summed E-state index contributed by atoms with van der Waals surface area (Å²) in [6, 6.07) is 16.8. The van der Waals surface area contributed by atoms with Crippen molar-refractivity contribution in [2.75, 3.05) is 14.1 Å². The Morgan fingerprint density at radius 2 is 1.52 bits per heavy atom. The van der Waals surface area contributed by atoms with E-state index in [0.29, 0.717) is 0 Å². The van der Waals surface area contributed by atoms with Gasteiger partial charge in [0.05, 0.1) is 17.4 Å². The molecule has 0 radical (unpaired) electrons. The maximum Gasteiger partial charge on any atom is 0.0762 e. The van der Waals surface area contributed by atoms with E-state index in [1.54, 1.807) is 0 Å². The van der Waals surface area contributed by atoms with Crippen LogP contribution < -0.4 is 0 Å². The van der Waals surface area contributed by atoms with Gasteiger partial charge in [0.15, 0.2) is 0 Å². The normalized spacial score (nSPS) is 19.4. The molecule has 25 heavy (non-hydrogen) atoms. The standard InChI is InChI=1S/C22H21ClN2/c1-15-8-4-5-9-16(15)19-12-13-20-22(24(19)2)14-21(25(20)3)17-10-6-7-11-18(17)23/h4-14,21H,1-3H3. The molecule has 2 aromatic carbocycles. The van der Waals surface area contributed by atoms with Crippen LogP contribution in [-0.4, -0.2) is 23.9 Å². The van der Waals surface area contributed by atoms with Gasteiger partial charge in [0.2, 0.25) is 0 Å². The Balaban J connectivity index is 1.76. The van der Waals surface area contributed by atoms with Gasteiger partial charge >= 0.3 is 0 Å². The molecule has 0 aromatic heterocycles. The van der Waals surface area contributed by atoms with E-state index in [9.17, 15) is 0 Å². The lowest BCUT2D eigenvalue weighted by atomic mass is 10.0. The summed E-state index contributed by atoms with van der Waals surface area (Å²) in [4.78, 5) is 4.57. The van der Waals surface area contributed by atoms with Crippen LogP contribution in [0.2, 0.25) is 5.02 Å². The zero-order valence-electron chi connectivity index (χ0n) is 14.7. The van der Waals surface area contributed by atoms with Gasteiger partial charge in [0.25, 0.3) is 0 Å². The molecule has 2 aliphatic rings. The number of hydrogen-bond donors (Lipinski definition) is 0. The van der Waals surface area contributed by atoms with Gasteiger partial charge < -0.3 is 9.80 Å². The highest BCUT2D eigenvalue weighted by molar-refractivity contribution is 6.31. The van der Waals surface area contributed by atoms with E-state index in [-0.39, 0.29) is 6.04 Å². The summed E-state index contributed by atoms with van der Waals surface area (Å²) >= 11 is 6.45. The summed E-state index contributed by atoms with van der Waals surface area (Å²) in [6.07, 6.45) is 6.73. The molecule has 0 amide bonds. The molecule has 0 aliphatic carbocycles. The Hall–Kier alpha value is -2.45. The second-order valence-corrected chi connectivity index (χ2v) is 7.01. The molecule has 4 rings (SSSR count). The number of fused-ring (bicyclic) bond motifs is 1. The van der Waals surface area contributed by atoms with Gasteiger partial charge in [-0.25, -0.2) is 0 Å². The molecule has 0 saturated heterocycles. The van der Waals surface area contributed by atoms with Crippen molar-refractivity contribution < 1.29 is 0 Å².